The van der Waals surface area contributed by atoms with Crippen LogP contribution in [0.25, 0.3) is 0 Å². The van der Waals surface area contributed by atoms with Crippen LogP contribution in [0.1, 0.15) is 25.3 Å². The van der Waals surface area contributed by atoms with E-state index in [1.54, 1.807) is 18.2 Å². The van der Waals surface area contributed by atoms with Crippen LogP contribution in [-0.4, -0.2) is 30.9 Å². The van der Waals surface area contributed by atoms with E-state index in [0.717, 1.165) is 17.7 Å². The molecule has 28 heavy (non-hydrogen) atoms. The van der Waals surface area contributed by atoms with Crippen molar-refractivity contribution in [3.05, 3.63) is 54.1 Å². The smallest absolute Gasteiger partial charge is 0.322 e. The Morgan fingerprint density at radius 1 is 1.14 bits per heavy atom. The Balaban J connectivity index is 1.45. The summed E-state index contributed by atoms with van der Waals surface area (Å²) in [5.41, 5.74) is 3.22. The number of hydrogen-bond acceptors (Lipinski definition) is 3. The van der Waals surface area contributed by atoms with Crippen molar-refractivity contribution in [3.8, 4) is 0 Å². The number of anilines is 3. The van der Waals surface area contributed by atoms with Gasteiger partial charge in [0.1, 0.15) is 6.54 Å². The maximum absolute atomic E-state index is 12.4. The Kier molecular flexibility index (Phi) is 6.26. The molecule has 0 saturated heterocycles. The van der Waals surface area contributed by atoms with Gasteiger partial charge in [0.25, 0.3) is 0 Å². The van der Waals surface area contributed by atoms with Crippen molar-refractivity contribution in [1.82, 2.24) is 5.32 Å². The fourth-order valence-corrected chi connectivity index (χ4v) is 3.05. The lowest BCUT2D eigenvalue weighted by molar-refractivity contribution is -0.116. The fourth-order valence-electron chi connectivity index (χ4n) is 3.05. The first kappa shape index (κ1) is 19.4. The van der Waals surface area contributed by atoms with E-state index in [-0.39, 0.29) is 24.4 Å². The summed E-state index contributed by atoms with van der Waals surface area (Å²) < 4.78 is 0. The first-order valence-electron chi connectivity index (χ1n) is 9.40. The molecular weight excluding hydrogens is 356 g/mol. The van der Waals surface area contributed by atoms with Gasteiger partial charge in [-0.2, -0.15) is 0 Å². The summed E-state index contributed by atoms with van der Waals surface area (Å²) in [6, 6.07) is 14.6. The van der Waals surface area contributed by atoms with E-state index >= 15 is 0 Å². The van der Waals surface area contributed by atoms with Gasteiger partial charge in [0.15, 0.2) is 0 Å². The van der Waals surface area contributed by atoms with Gasteiger partial charge in [0.05, 0.1) is 11.4 Å². The Bertz CT molecular complexity index is 881. The molecule has 3 rings (SSSR count). The quantitative estimate of drug-likeness (QED) is 0.673. The second kappa shape index (κ2) is 9.03. The van der Waals surface area contributed by atoms with Gasteiger partial charge in [-0.3, -0.25) is 14.5 Å². The lowest BCUT2D eigenvalue weighted by atomic mass is 10.1. The second-order valence-corrected chi connectivity index (χ2v) is 6.59. The highest BCUT2D eigenvalue weighted by Crippen LogP contribution is 2.28. The number of carbonyl (C=O) groups is 3. The summed E-state index contributed by atoms with van der Waals surface area (Å²) >= 11 is 0. The minimum absolute atomic E-state index is 0.0307. The van der Waals surface area contributed by atoms with Crippen LogP contribution in [0.5, 0.6) is 0 Å². The van der Waals surface area contributed by atoms with Gasteiger partial charge < -0.3 is 16.0 Å². The highest BCUT2D eigenvalue weighted by molar-refractivity contribution is 6.09. The maximum Gasteiger partial charge on any atom is 0.322 e. The third kappa shape index (κ3) is 4.88. The molecule has 0 spiro atoms. The summed E-state index contributed by atoms with van der Waals surface area (Å²) in [6.07, 6.45) is 1.72. The van der Waals surface area contributed by atoms with Crippen LogP contribution < -0.4 is 20.9 Å². The van der Waals surface area contributed by atoms with Crippen LogP contribution in [0.2, 0.25) is 0 Å². The molecule has 0 aromatic heterocycles. The molecule has 0 bridgehead atoms. The van der Waals surface area contributed by atoms with Crippen LogP contribution in [0, 0.1) is 0 Å². The normalized spacial score (nSPS) is 12.8. The molecule has 0 unspecified atom stereocenters. The largest absolute Gasteiger partial charge is 0.338 e. The fraction of sp³-hybridized carbons (Fsp3) is 0.286. The van der Waals surface area contributed by atoms with E-state index in [9.17, 15) is 14.4 Å². The molecule has 7 heteroatoms. The molecule has 1 aliphatic rings. The third-order valence-electron chi connectivity index (χ3n) is 4.49. The summed E-state index contributed by atoms with van der Waals surface area (Å²) in [5, 5.41) is 8.39. The van der Waals surface area contributed by atoms with Crippen LogP contribution in [0.15, 0.2) is 48.5 Å². The number of urea groups is 1. The first-order chi connectivity index (χ1) is 13.6. The molecular formula is C21H24N4O3. The summed E-state index contributed by atoms with van der Waals surface area (Å²) in [7, 11) is 0. The van der Waals surface area contributed by atoms with E-state index in [0.29, 0.717) is 30.8 Å². The molecule has 4 amide bonds. The van der Waals surface area contributed by atoms with Gasteiger partial charge in [-0.25, -0.2) is 4.79 Å². The zero-order valence-corrected chi connectivity index (χ0v) is 15.8. The summed E-state index contributed by atoms with van der Waals surface area (Å²) in [4.78, 5) is 37.7. The topological polar surface area (TPSA) is 90.5 Å². The molecule has 7 nitrogen and oxygen atoms in total. The standard InChI is InChI=1S/C21H24N4O3/c1-2-15-7-5-8-16(13-15)23-19(26)11-6-12-22-21(28)25-14-20(27)24-17-9-3-4-10-18(17)25/h3-5,7-10,13H,2,6,11-12,14H2,1H3,(H,22,28)(H,23,26)(H,24,27). The number of amides is 4. The van der Waals surface area contributed by atoms with E-state index in [4.69, 9.17) is 0 Å². The van der Waals surface area contributed by atoms with Crippen molar-refractivity contribution in [2.75, 3.05) is 28.6 Å². The zero-order chi connectivity index (χ0) is 19.9. The molecule has 0 fully saturated rings. The average Bonchev–Trinajstić information content (AvgIpc) is 2.70. The highest BCUT2D eigenvalue weighted by Gasteiger charge is 2.26. The molecule has 1 aliphatic heterocycles. The van der Waals surface area contributed by atoms with E-state index in [1.165, 1.54) is 4.90 Å². The third-order valence-corrected chi connectivity index (χ3v) is 4.49. The predicted molar refractivity (Wildman–Crippen MR) is 110 cm³/mol. The number of aryl methyl sites for hydroxylation is 1. The van der Waals surface area contributed by atoms with Crippen LogP contribution in [0.4, 0.5) is 21.9 Å². The van der Waals surface area contributed by atoms with Crippen molar-refractivity contribution in [2.24, 2.45) is 0 Å². The van der Waals surface area contributed by atoms with E-state index in [2.05, 4.69) is 22.9 Å². The Labute approximate surface area is 164 Å². The number of benzene rings is 2. The van der Waals surface area contributed by atoms with Gasteiger partial charge >= 0.3 is 6.03 Å². The Hall–Kier alpha value is -3.35. The Morgan fingerprint density at radius 3 is 2.79 bits per heavy atom. The number of fused-ring (bicyclic) bond motifs is 1. The highest BCUT2D eigenvalue weighted by atomic mass is 16.2. The number of para-hydroxylation sites is 2. The number of carbonyl (C=O) groups excluding carboxylic acids is 3. The van der Waals surface area contributed by atoms with E-state index in [1.807, 2.05) is 30.3 Å². The SMILES string of the molecule is CCc1cccc(NC(=O)CCCNC(=O)N2CC(=O)Nc3ccccc32)c1. The molecule has 0 atom stereocenters. The van der Waals surface area contributed by atoms with Crippen LogP contribution in [0.3, 0.4) is 0 Å². The molecule has 0 saturated carbocycles. The van der Waals surface area contributed by atoms with Gasteiger partial charge in [-0.1, -0.05) is 31.2 Å². The molecule has 1 heterocycles. The van der Waals surface area contributed by atoms with Crippen molar-refractivity contribution in [3.63, 3.8) is 0 Å². The molecule has 146 valence electrons. The Morgan fingerprint density at radius 2 is 1.96 bits per heavy atom. The molecule has 2 aromatic carbocycles. The van der Waals surface area contributed by atoms with Crippen molar-refractivity contribution >= 4 is 34.9 Å². The van der Waals surface area contributed by atoms with E-state index < -0.39 is 0 Å². The van der Waals surface area contributed by atoms with Gasteiger partial charge in [0.2, 0.25) is 11.8 Å². The number of hydrogen-bond donors (Lipinski definition) is 3. The molecule has 0 aliphatic carbocycles. The van der Waals surface area contributed by atoms with Crippen molar-refractivity contribution in [2.45, 2.75) is 26.2 Å². The molecule has 3 N–H and O–H groups in total. The lowest BCUT2D eigenvalue weighted by Crippen LogP contribution is -2.47. The first-order valence-corrected chi connectivity index (χ1v) is 9.40. The van der Waals surface area contributed by atoms with Crippen LogP contribution >= 0.6 is 0 Å². The molecule has 0 radical (unpaired) electrons. The second-order valence-electron chi connectivity index (χ2n) is 6.59. The van der Waals surface area contributed by atoms with Crippen molar-refractivity contribution < 1.29 is 14.4 Å². The monoisotopic (exact) mass is 380 g/mol. The van der Waals surface area contributed by atoms with Gasteiger partial charge in [-0.15, -0.1) is 0 Å². The van der Waals surface area contributed by atoms with Crippen LogP contribution in [-0.2, 0) is 16.0 Å². The number of rotatable bonds is 6. The average molecular weight is 380 g/mol. The summed E-state index contributed by atoms with van der Waals surface area (Å²) in [6.45, 7) is 2.38. The lowest BCUT2D eigenvalue weighted by Gasteiger charge is -2.29. The number of nitrogens with one attached hydrogen (secondary N) is 3. The number of nitrogens with zero attached hydrogens (tertiary/aromatic N) is 1. The van der Waals surface area contributed by atoms with Crippen molar-refractivity contribution in [1.29, 1.82) is 0 Å². The predicted octanol–water partition coefficient (Wildman–Crippen LogP) is 3.14. The zero-order valence-electron chi connectivity index (χ0n) is 15.8. The molecule has 2 aromatic rings. The summed E-state index contributed by atoms with van der Waals surface area (Å²) in [5.74, 6) is -0.326. The minimum Gasteiger partial charge on any atom is -0.338 e. The minimum atomic E-state index is -0.349. The van der Waals surface area contributed by atoms with Gasteiger partial charge in [-0.05, 0) is 42.7 Å². The van der Waals surface area contributed by atoms with Gasteiger partial charge in [0, 0.05) is 18.7 Å². The maximum atomic E-state index is 12.4.